The molecule has 0 aliphatic carbocycles. The van der Waals surface area contributed by atoms with Crippen molar-refractivity contribution in [3.8, 4) is 11.3 Å². The van der Waals surface area contributed by atoms with E-state index in [1.165, 1.54) is 33.1 Å². The molecule has 2 heterocycles. The van der Waals surface area contributed by atoms with Crippen molar-refractivity contribution in [1.29, 1.82) is 0 Å². The summed E-state index contributed by atoms with van der Waals surface area (Å²) in [4.78, 5) is 8.48. The second-order valence-corrected chi connectivity index (χ2v) is 8.61. The third-order valence-electron chi connectivity index (χ3n) is 4.88. The number of ether oxygens (including phenoxy) is 1. The summed E-state index contributed by atoms with van der Waals surface area (Å²) >= 11 is 0. The van der Waals surface area contributed by atoms with Crippen LogP contribution in [-0.2, 0) is 21.1 Å². The highest BCUT2D eigenvalue weighted by molar-refractivity contribution is 7.86. The SMILES string of the molecule is CCN(CC)S(=O)(=O)N1CCOC(c2nccnc2-c2cccc(C(F)(F)F)c2)C1. The number of hydrogen-bond donors (Lipinski definition) is 0. The second-order valence-electron chi connectivity index (χ2n) is 6.68. The molecule has 0 N–H and O–H groups in total. The van der Waals surface area contributed by atoms with Crippen LogP contribution in [0.2, 0.25) is 0 Å². The maximum absolute atomic E-state index is 13.1. The van der Waals surface area contributed by atoms with Gasteiger partial charge in [0.25, 0.3) is 10.2 Å². The van der Waals surface area contributed by atoms with Crippen molar-refractivity contribution in [2.24, 2.45) is 0 Å². The Balaban J connectivity index is 1.95. The van der Waals surface area contributed by atoms with Gasteiger partial charge in [-0.25, -0.2) is 0 Å². The Morgan fingerprint density at radius 3 is 2.57 bits per heavy atom. The number of halogens is 3. The summed E-state index contributed by atoms with van der Waals surface area (Å²) in [7, 11) is -3.68. The van der Waals surface area contributed by atoms with Crippen molar-refractivity contribution in [2.75, 3.05) is 32.8 Å². The van der Waals surface area contributed by atoms with Crippen LogP contribution in [0.25, 0.3) is 11.3 Å². The second kappa shape index (κ2) is 8.96. The van der Waals surface area contributed by atoms with Gasteiger partial charge in [0.1, 0.15) is 6.10 Å². The number of benzene rings is 1. The maximum Gasteiger partial charge on any atom is 0.416 e. The lowest BCUT2D eigenvalue weighted by molar-refractivity contribution is -0.137. The number of hydrogen-bond acceptors (Lipinski definition) is 5. The predicted octanol–water partition coefficient (Wildman–Crippen LogP) is 3.12. The Morgan fingerprint density at radius 1 is 1.20 bits per heavy atom. The van der Waals surface area contributed by atoms with E-state index in [0.29, 0.717) is 18.8 Å². The number of morpholine rings is 1. The maximum atomic E-state index is 13.1. The first-order chi connectivity index (χ1) is 14.2. The largest absolute Gasteiger partial charge is 0.416 e. The normalized spacial score (nSPS) is 18.7. The molecule has 0 amide bonds. The Labute approximate surface area is 173 Å². The van der Waals surface area contributed by atoms with Gasteiger partial charge in [-0.3, -0.25) is 9.97 Å². The number of rotatable bonds is 6. The van der Waals surface area contributed by atoms with Crippen LogP contribution in [0.5, 0.6) is 0 Å². The quantitative estimate of drug-likeness (QED) is 0.684. The third-order valence-corrected chi connectivity index (χ3v) is 7.04. The lowest BCUT2D eigenvalue weighted by atomic mass is 10.0. The van der Waals surface area contributed by atoms with Crippen molar-refractivity contribution in [2.45, 2.75) is 26.1 Å². The molecule has 7 nitrogen and oxygen atoms in total. The van der Waals surface area contributed by atoms with Gasteiger partial charge in [-0.1, -0.05) is 26.0 Å². The molecule has 1 aliphatic rings. The molecule has 11 heteroatoms. The molecule has 3 rings (SSSR count). The van der Waals surface area contributed by atoms with Crippen LogP contribution in [0, 0.1) is 0 Å². The van der Waals surface area contributed by atoms with E-state index in [1.54, 1.807) is 13.8 Å². The molecule has 0 radical (unpaired) electrons. The average Bonchev–Trinajstić information content (AvgIpc) is 2.74. The molecule has 1 aromatic heterocycles. The van der Waals surface area contributed by atoms with Crippen molar-refractivity contribution in [3.05, 3.63) is 47.9 Å². The fourth-order valence-corrected chi connectivity index (χ4v) is 4.97. The summed E-state index contributed by atoms with van der Waals surface area (Å²) in [5.41, 5.74) is -0.0286. The fraction of sp³-hybridized carbons (Fsp3) is 0.474. The van der Waals surface area contributed by atoms with E-state index in [1.807, 2.05) is 0 Å². The Hall–Kier alpha value is -2.08. The van der Waals surface area contributed by atoms with Gasteiger partial charge in [0.2, 0.25) is 0 Å². The Bertz CT molecular complexity index is 981. The third kappa shape index (κ3) is 4.64. The standard InChI is InChI=1S/C19H23F3N4O3S/c1-3-25(4-2)30(27,28)26-10-11-29-16(13-26)18-17(23-8-9-24-18)14-6-5-7-15(12-14)19(20,21)22/h5-9,12,16H,3-4,10-11,13H2,1-2H3. The van der Waals surface area contributed by atoms with Gasteiger partial charge in [0, 0.05) is 44.1 Å². The lowest BCUT2D eigenvalue weighted by Crippen LogP contribution is -2.49. The fourth-order valence-electron chi connectivity index (χ4n) is 3.36. The van der Waals surface area contributed by atoms with Gasteiger partial charge >= 0.3 is 6.18 Å². The van der Waals surface area contributed by atoms with Crippen molar-refractivity contribution < 1.29 is 26.3 Å². The van der Waals surface area contributed by atoms with Crippen LogP contribution in [0.3, 0.4) is 0 Å². The molecule has 1 saturated heterocycles. The van der Waals surface area contributed by atoms with E-state index < -0.39 is 28.1 Å². The van der Waals surface area contributed by atoms with Crippen LogP contribution < -0.4 is 0 Å². The van der Waals surface area contributed by atoms with Crippen LogP contribution in [0.15, 0.2) is 36.7 Å². The molecule has 30 heavy (non-hydrogen) atoms. The number of nitrogens with zero attached hydrogens (tertiary/aromatic N) is 4. The highest BCUT2D eigenvalue weighted by atomic mass is 32.2. The molecule has 1 aromatic carbocycles. The first-order valence-electron chi connectivity index (χ1n) is 9.53. The topological polar surface area (TPSA) is 75.6 Å². The van der Waals surface area contributed by atoms with Crippen LogP contribution in [0.4, 0.5) is 13.2 Å². The molecule has 2 aromatic rings. The molecular weight excluding hydrogens is 421 g/mol. The zero-order valence-electron chi connectivity index (χ0n) is 16.6. The monoisotopic (exact) mass is 444 g/mol. The van der Waals surface area contributed by atoms with E-state index >= 15 is 0 Å². The average molecular weight is 444 g/mol. The van der Waals surface area contributed by atoms with Gasteiger partial charge in [-0.15, -0.1) is 0 Å². The molecule has 0 bridgehead atoms. The molecular formula is C19H23F3N4O3S. The highest BCUT2D eigenvalue weighted by Gasteiger charge is 2.35. The van der Waals surface area contributed by atoms with Crippen LogP contribution in [-0.4, -0.2) is 59.8 Å². The van der Waals surface area contributed by atoms with Crippen molar-refractivity contribution in [3.63, 3.8) is 0 Å². The first-order valence-corrected chi connectivity index (χ1v) is 10.9. The molecule has 0 spiro atoms. The zero-order chi connectivity index (χ0) is 21.9. The number of alkyl halides is 3. The van der Waals surface area contributed by atoms with Gasteiger partial charge < -0.3 is 4.74 Å². The lowest BCUT2D eigenvalue weighted by Gasteiger charge is -2.35. The van der Waals surface area contributed by atoms with Crippen molar-refractivity contribution >= 4 is 10.2 Å². The van der Waals surface area contributed by atoms with E-state index in [4.69, 9.17) is 4.74 Å². The number of aromatic nitrogens is 2. The molecule has 1 atom stereocenters. The minimum Gasteiger partial charge on any atom is -0.369 e. The summed E-state index contributed by atoms with van der Waals surface area (Å²) in [5, 5.41) is 0. The molecule has 1 aliphatic heterocycles. The minimum absolute atomic E-state index is 0.00346. The smallest absolute Gasteiger partial charge is 0.369 e. The Morgan fingerprint density at radius 2 is 1.90 bits per heavy atom. The molecule has 164 valence electrons. The summed E-state index contributed by atoms with van der Waals surface area (Å²) in [5.74, 6) is 0. The zero-order valence-corrected chi connectivity index (χ0v) is 17.4. The highest BCUT2D eigenvalue weighted by Crippen LogP contribution is 2.34. The van der Waals surface area contributed by atoms with Gasteiger partial charge in [0.05, 0.1) is 23.6 Å². The first kappa shape index (κ1) is 22.6. The molecule has 1 fully saturated rings. The van der Waals surface area contributed by atoms with Gasteiger partial charge in [0.15, 0.2) is 0 Å². The molecule has 0 saturated carbocycles. The summed E-state index contributed by atoms with van der Waals surface area (Å²) in [6, 6.07) is 4.79. The summed E-state index contributed by atoms with van der Waals surface area (Å²) < 4.78 is 73.5. The van der Waals surface area contributed by atoms with Gasteiger partial charge in [-0.2, -0.15) is 30.2 Å². The van der Waals surface area contributed by atoms with Gasteiger partial charge in [-0.05, 0) is 12.1 Å². The molecule has 1 unspecified atom stereocenters. The summed E-state index contributed by atoms with van der Waals surface area (Å²) in [6.45, 7) is 4.52. The van der Waals surface area contributed by atoms with Crippen LogP contribution >= 0.6 is 0 Å². The Kier molecular flexibility index (Phi) is 6.75. The van der Waals surface area contributed by atoms with E-state index in [0.717, 1.165) is 12.1 Å². The van der Waals surface area contributed by atoms with E-state index in [9.17, 15) is 21.6 Å². The predicted molar refractivity (Wildman–Crippen MR) is 105 cm³/mol. The minimum atomic E-state index is -4.49. The summed E-state index contributed by atoms with van der Waals surface area (Å²) in [6.07, 6.45) is -2.45. The van der Waals surface area contributed by atoms with E-state index in [-0.39, 0.29) is 31.0 Å². The van der Waals surface area contributed by atoms with Crippen LogP contribution in [0.1, 0.15) is 31.2 Å². The van der Waals surface area contributed by atoms with Crippen molar-refractivity contribution in [1.82, 2.24) is 18.6 Å². The van der Waals surface area contributed by atoms with E-state index in [2.05, 4.69) is 9.97 Å².